The van der Waals surface area contributed by atoms with Crippen LogP contribution in [0.15, 0.2) is 29.8 Å². The highest BCUT2D eigenvalue weighted by Crippen LogP contribution is 2.30. The lowest BCUT2D eigenvalue weighted by Crippen LogP contribution is -2.38. The predicted octanol–water partition coefficient (Wildman–Crippen LogP) is 4.48. The van der Waals surface area contributed by atoms with Crippen molar-refractivity contribution in [3.05, 3.63) is 41.0 Å². The van der Waals surface area contributed by atoms with E-state index in [4.69, 9.17) is 0 Å². The molecule has 0 radical (unpaired) electrons. The van der Waals surface area contributed by atoms with Crippen molar-refractivity contribution in [1.82, 2.24) is 9.71 Å². The van der Waals surface area contributed by atoms with Crippen LogP contribution in [-0.4, -0.2) is 20.4 Å². The minimum absolute atomic E-state index is 0.420. The summed E-state index contributed by atoms with van der Waals surface area (Å²) in [7, 11) is -1.56. The number of aryl methyl sites for hydroxylation is 1. The van der Waals surface area contributed by atoms with Gasteiger partial charge in [0.1, 0.15) is 6.04 Å². The topological polar surface area (TPSA) is 42.0 Å². The molecule has 23 heavy (non-hydrogen) atoms. The summed E-state index contributed by atoms with van der Waals surface area (Å²) in [6.45, 7) is 7.15. The third kappa shape index (κ3) is 4.43. The van der Waals surface area contributed by atoms with Crippen LogP contribution in [0.3, 0.4) is 0 Å². The van der Waals surface area contributed by atoms with E-state index in [9.17, 15) is 13.0 Å². The number of aromatic nitrogens is 1. The van der Waals surface area contributed by atoms with Crippen LogP contribution in [0, 0.1) is 6.92 Å². The summed E-state index contributed by atoms with van der Waals surface area (Å²) in [6, 6.07) is 5.64. The Balaban J connectivity index is 2.24. The van der Waals surface area contributed by atoms with Gasteiger partial charge in [-0.1, -0.05) is 24.3 Å². The van der Waals surface area contributed by atoms with Crippen LogP contribution in [0.5, 0.6) is 0 Å². The highest BCUT2D eigenvalue weighted by atomic mass is 32.2. The van der Waals surface area contributed by atoms with Gasteiger partial charge in [0.15, 0.2) is 0 Å². The molecule has 0 aliphatic rings. The Hall–Kier alpha value is -1.18. The zero-order chi connectivity index (χ0) is 17.2. The fourth-order valence-corrected chi connectivity index (χ4v) is 3.61. The molecule has 7 heteroatoms. The van der Waals surface area contributed by atoms with Crippen LogP contribution in [0.4, 0.5) is 8.78 Å². The van der Waals surface area contributed by atoms with Crippen LogP contribution in [0.25, 0.3) is 10.4 Å². The molecule has 0 saturated carbocycles. The van der Waals surface area contributed by atoms with Crippen LogP contribution in [0.1, 0.15) is 38.1 Å². The highest BCUT2D eigenvalue weighted by molar-refractivity contribution is 7.84. The first kappa shape index (κ1) is 18.2. The fourth-order valence-electron chi connectivity index (χ4n) is 1.98. The van der Waals surface area contributed by atoms with Crippen molar-refractivity contribution in [3.8, 4) is 10.4 Å². The molecule has 1 heterocycles. The molecule has 0 amide bonds. The Morgan fingerprint density at radius 2 is 1.83 bits per heavy atom. The third-order valence-electron chi connectivity index (χ3n) is 3.32. The third-order valence-corrected chi connectivity index (χ3v) is 5.88. The number of hydrogen-bond acceptors (Lipinski definition) is 3. The second-order valence-corrected chi connectivity index (χ2v) is 9.05. The van der Waals surface area contributed by atoms with Crippen LogP contribution < -0.4 is 4.72 Å². The van der Waals surface area contributed by atoms with E-state index >= 15 is 0 Å². The molecule has 0 aliphatic carbocycles. The van der Waals surface area contributed by atoms with Crippen molar-refractivity contribution in [2.24, 2.45) is 0 Å². The molecule has 2 rings (SSSR count). The van der Waals surface area contributed by atoms with Crippen molar-refractivity contribution in [2.75, 3.05) is 0 Å². The largest absolute Gasteiger partial charge is 0.258 e. The van der Waals surface area contributed by atoms with Gasteiger partial charge in [-0.2, -0.15) is 0 Å². The Bertz CT molecular complexity index is 678. The maximum Gasteiger partial charge on any atom is 0.258 e. The minimum Gasteiger partial charge on any atom is -0.249 e. The first-order valence-electron chi connectivity index (χ1n) is 7.17. The average molecular weight is 358 g/mol. The molecule has 0 fully saturated rings. The van der Waals surface area contributed by atoms with Crippen molar-refractivity contribution >= 4 is 22.3 Å². The van der Waals surface area contributed by atoms with E-state index in [-0.39, 0.29) is 0 Å². The molecule has 2 aromatic rings. The van der Waals surface area contributed by atoms with E-state index < -0.39 is 28.2 Å². The molecule has 0 aliphatic heterocycles. The smallest absolute Gasteiger partial charge is 0.249 e. The van der Waals surface area contributed by atoms with Crippen molar-refractivity contribution in [1.29, 1.82) is 0 Å². The van der Waals surface area contributed by atoms with Gasteiger partial charge < -0.3 is 0 Å². The monoisotopic (exact) mass is 358 g/mol. The number of rotatable bonds is 5. The summed E-state index contributed by atoms with van der Waals surface area (Å²) < 4.78 is 40.8. The van der Waals surface area contributed by atoms with E-state index in [0.717, 1.165) is 16.1 Å². The second kappa shape index (κ2) is 7.15. The molecule has 0 bridgehead atoms. The quantitative estimate of drug-likeness (QED) is 0.856. The molecule has 0 unspecified atom stereocenters. The number of thiazole rings is 1. The highest BCUT2D eigenvalue weighted by Gasteiger charge is 2.29. The molecule has 1 N–H and O–H groups in total. The molecule has 3 nitrogen and oxygen atoms in total. The second-order valence-electron chi connectivity index (χ2n) is 6.20. The Kier molecular flexibility index (Phi) is 5.65. The number of nitrogens with zero attached hydrogens (tertiary/aromatic N) is 1. The SMILES string of the molecule is Cc1ncsc1-c1ccc([C@@H](N[S@@](=O)C(C)(C)C)C(F)F)cc1. The summed E-state index contributed by atoms with van der Waals surface area (Å²) in [5.74, 6) is 0. The Morgan fingerprint density at radius 1 is 1.22 bits per heavy atom. The van der Waals surface area contributed by atoms with Gasteiger partial charge >= 0.3 is 0 Å². The molecular formula is C16H20F2N2OS2. The van der Waals surface area contributed by atoms with Gasteiger partial charge in [-0.15, -0.1) is 11.3 Å². The first-order chi connectivity index (χ1) is 10.7. The van der Waals surface area contributed by atoms with Gasteiger partial charge in [0, 0.05) is 0 Å². The lowest BCUT2D eigenvalue weighted by atomic mass is 10.0. The molecule has 1 aromatic heterocycles. The van der Waals surface area contributed by atoms with Crippen molar-refractivity contribution < 1.29 is 13.0 Å². The number of benzene rings is 1. The molecular weight excluding hydrogens is 338 g/mol. The normalized spacial score (nSPS) is 14.9. The number of hydrogen-bond donors (Lipinski definition) is 1. The van der Waals surface area contributed by atoms with Gasteiger partial charge in [-0.25, -0.2) is 22.7 Å². The lowest BCUT2D eigenvalue weighted by Gasteiger charge is -2.24. The molecule has 1 aromatic carbocycles. The van der Waals surface area contributed by atoms with Gasteiger partial charge in [-0.05, 0) is 38.8 Å². The molecule has 126 valence electrons. The van der Waals surface area contributed by atoms with E-state index in [1.54, 1.807) is 50.5 Å². The van der Waals surface area contributed by atoms with Gasteiger partial charge in [0.05, 0.1) is 31.8 Å². The van der Waals surface area contributed by atoms with Gasteiger partial charge in [0.2, 0.25) is 0 Å². The molecule has 0 saturated heterocycles. The summed E-state index contributed by atoms with van der Waals surface area (Å²) >= 11 is 1.51. The van der Waals surface area contributed by atoms with Crippen LogP contribution in [0.2, 0.25) is 0 Å². The summed E-state index contributed by atoms with van der Waals surface area (Å²) in [6.07, 6.45) is -2.64. The van der Waals surface area contributed by atoms with Crippen LogP contribution >= 0.6 is 11.3 Å². The lowest BCUT2D eigenvalue weighted by molar-refractivity contribution is 0.109. The van der Waals surface area contributed by atoms with Gasteiger partial charge in [-0.3, -0.25) is 0 Å². The summed E-state index contributed by atoms with van der Waals surface area (Å²) in [5, 5.41) is 0. The van der Waals surface area contributed by atoms with E-state index in [0.29, 0.717) is 5.56 Å². The van der Waals surface area contributed by atoms with E-state index in [1.165, 1.54) is 11.3 Å². The van der Waals surface area contributed by atoms with E-state index in [1.807, 2.05) is 6.92 Å². The molecule has 0 spiro atoms. The standard InChI is InChI=1S/C16H20F2N2OS2/c1-10-14(22-9-19-10)12-7-5-11(6-8-12)13(15(17)18)20-23(21)16(2,3)4/h5-9,13,15,20H,1-4H3/t13-,23+/m1/s1. The number of nitrogens with one attached hydrogen (secondary N) is 1. The average Bonchev–Trinajstić information content (AvgIpc) is 2.89. The summed E-state index contributed by atoms with van der Waals surface area (Å²) in [4.78, 5) is 5.22. The maximum absolute atomic E-state index is 13.4. The number of alkyl halides is 2. The minimum atomic E-state index is -2.64. The maximum atomic E-state index is 13.4. The zero-order valence-electron chi connectivity index (χ0n) is 13.5. The van der Waals surface area contributed by atoms with Crippen LogP contribution in [-0.2, 0) is 11.0 Å². The summed E-state index contributed by atoms with van der Waals surface area (Å²) in [5.41, 5.74) is 4.04. The van der Waals surface area contributed by atoms with Crippen molar-refractivity contribution in [3.63, 3.8) is 0 Å². The first-order valence-corrected chi connectivity index (χ1v) is 9.19. The number of halogens is 2. The fraction of sp³-hybridized carbons (Fsp3) is 0.438. The van der Waals surface area contributed by atoms with E-state index in [2.05, 4.69) is 9.71 Å². The Morgan fingerprint density at radius 3 is 2.26 bits per heavy atom. The Labute approximate surface area is 141 Å². The predicted molar refractivity (Wildman–Crippen MR) is 92.1 cm³/mol. The zero-order valence-corrected chi connectivity index (χ0v) is 15.1. The van der Waals surface area contributed by atoms with Crippen molar-refractivity contribution in [2.45, 2.75) is 44.9 Å². The molecule has 2 atom stereocenters. The van der Waals surface area contributed by atoms with Gasteiger partial charge in [0.25, 0.3) is 6.43 Å².